The molecule has 0 aliphatic carbocycles. The van der Waals surface area contributed by atoms with Crippen LogP contribution in [0.25, 0.3) is 0 Å². The Balaban J connectivity index is -0.00000000167. The van der Waals surface area contributed by atoms with Gasteiger partial charge in [0.2, 0.25) is 0 Å². The zero-order valence-electron chi connectivity index (χ0n) is 2.38. The van der Waals surface area contributed by atoms with E-state index in [1.54, 1.807) is 0 Å². The SMILES string of the molecule is [Al+3].[NH2+]=O.[O-2].[O-2]. The maximum Gasteiger partial charge on any atom is 3.00 e. The second-order valence-electron chi connectivity index (χ2n) is 0. The molecule has 0 bridgehead atoms. The van der Waals surface area contributed by atoms with Gasteiger partial charge in [0, 0.05) is 4.91 Å². The molecule has 0 radical (unpaired) electrons. The monoisotopic (exact) mass is 91.0 g/mol. The van der Waals surface area contributed by atoms with Gasteiger partial charge in [-0.15, -0.1) is 0 Å². The van der Waals surface area contributed by atoms with Gasteiger partial charge in [-0.3, -0.25) is 0 Å². The summed E-state index contributed by atoms with van der Waals surface area (Å²) >= 11 is 0. The van der Waals surface area contributed by atoms with Crippen molar-refractivity contribution < 1.29 is 16.5 Å². The van der Waals surface area contributed by atoms with Crippen LogP contribution in [-0.2, 0) is 11.0 Å². The first-order chi connectivity index (χ1) is 1.00. The molecular formula is H2AlNO3. The van der Waals surface area contributed by atoms with Crippen molar-refractivity contribution in [3.05, 3.63) is 4.91 Å². The fourth-order valence-corrected chi connectivity index (χ4v) is 0. The standard InChI is InChI=1S/Al.H2NO.2O/c;1-2;;/h;1H2;;/q+3;+1;2*-2. The Kier molecular flexibility index (Phi) is 205000. The summed E-state index contributed by atoms with van der Waals surface area (Å²) in [4.78, 5) is 7.75. The zero-order valence-corrected chi connectivity index (χ0v) is 3.53. The summed E-state index contributed by atoms with van der Waals surface area (Å²) < 4.78 is 0. The zero-order chi connectivity index (χ0) is 2.00. The Hall–Kier alpha value is 0.0525. The fraction of sp³-hybridized carbons (Fsp3) is 0. The van der Waals surface area contributed by atoms with Gasteiger partial charge in [0.05, 0.1) is 0 Å². The van der Waals surface area contributed by atoms with Gasteiger partial charge in [-0.2, -0.15) is 0 Å². The van der Waals surface area contributed by atoms with E-state index in [-0.39, 0.29) is 28.3 Å². The van der Waals surface area contributed by atoms with Gasteiger partial charge in [-0.1, -0.05) is 0 Å². The Morgan fingerprint density at radius 2 is 1.00 bits per heavy atom. The van der Waals surface area contributed by atoms with E-state index in [4.69, 9.17) is 4.91 Å². The fourth-order valence-electron chi connectivity index (χ4n) is 0. The first-order valence-corrected chi connectivity index (χ1v) is 0.236. The topological polar surface area (TPSA) is 99.7 Å². The minimum Gasteiger partial charge on any atom is -2.00 e. The van der Waals surface area contributed by atoms with Crippen LogP contribution in [0.4, 0.5) is 0 Å². The summed E-state index contributed by atoms with van der Waals surface area (Å²) in [5.74, 6) is 0. The molecule has 0 amide bonds. The number of hydrogen-bond acceptors (Lipinski definition) is 1. The van der Waals surface area contributed by atoms with E-state index in [1.807, 2.05) is 0 Å². The van der Waals surface area contributed by atoms with Crippen LogP contribution in [0.15, 0.2) is 0 Å². The molecule has 0 aromatic heterocycles. The molecule has 2 N–H and O–H groups in total. The second kappa shape index (κ2) is 13700. The van der Waals surface area contributed by atoms with Crippen molar-refractivity contribution in [2.75, 3.05) is 0 Å². The predicted octanol–water partition coefficient (Wildman–Crippen LogP) is -2.11. The summed E-state index contributed by atoms with van der Waals surface area (Å²) in [6.45, 7) is 0. The van der Waals surface area contributed by atoms with Crippen LogP contribution in [0.3, 0.4) is 0 Å². The third-order valence-corrected chi connectivity index (χ3v) is 0. The molecule has 0 aromatic carbocycles. The van der Waals surface area contributed by atoms with E-state index in [9.17, 15) is 0 Å². The molecule has 5 heavy (non-hydrogen) atoms. The summed E-state index contributed by atoms with van der Waals surface area (Å²) in [6, 6.07) is 0. The third kappa shape index (κ3) is 6200. The molecule has 28 valence electrons. The second-order valence-corrected chi connectivity index (χ2v) is 0. The van der Waals surface area contributed by atoms with Gasteiger partial charge in [0.25, 0.3) is 0 Å². The van der Waals surface area contributed by atoms with Crippen LogP contribution >= 0.6 is 0 Å². The molecule has 4 nitrogen and oxygen atoms in total. The van der Waals surface area contributed by atoms with Crippen molar-refractivity contribution in [2.45, 2.75) is 0 Å². The summed E-state index contributed by atoms with van der Waals surface area (Å²) in [7, 11) is 0. The molecule has 0 rings (SSSR count). The van der Waals surface area contributed by atoms with Gasteiger partial charge >= 0.3 is 17.4 Å². The molecule has 0 fully saturated rings. The number of nitrogens with two attached hydrogens (primary N) is 1. The van der Waals surface area contributed by atoms with E-state index in [0.29, 0.717) is 0 Å². The van der Waals surface area contributed by atoms with Crippen molar-refractivity contribution >= 4 is 17.4 Å². The number of rotatable bonds is 0. The average Bonchev–Trinajstić information content (AvgIpc) is 1.00. The van der Waals surface area contributed by atoms with Crippen LogP contribution < -0.4 is 5.59 Å². The van der Waals surface area contributed by atoms with Gasteiger partial charge in [0.15, 0.2) is 0 Å². The molecule has 0 aliphatic heterocycles. The quantitative estimate of drug-likeness (QED) is 0.339. The molecule has 0 aliphatic rings. The maximum absolute atomic E-state index is 7.75. The normalized spacial score (nSPS) is 0.800. The van der Waals surface area contributed by atoms with Gasteiger partial charge in [0.1, 0.15) is 0 Å². The smallest absolute Gasteiger partial charge is 2.00 e. The Morgan fingerprint density at radius 3 is 1.00 bits per heavy atom. The minimum absolute atomic E-state index is 0. The maximum atomic E-state index is 7.75. The molecule has 0 unspecified atom stereocenters. The molecule has 0 aromatic rings. The van der Waals surface area contributed by atoms with E-state index >= 15 is 0 Å². The first kappa shape index (κ1) is 74.9. The van der Waals surface area contributed by atoms with Crippen molar-refractivity contribution in [1.29, 1.82) is 0 Å². The Labute approximate surface area is 39.7 Å². The van der Waals surface area contributed by atoms with Crippen LogP contribution in [0.5, 0.6) is 0 Å². The largest absolute Gasteiger partial charge is 3.00 e. The molecule has 0 spiro atoms. The van der Waals surface area contributed by atoms with Crippen molar-refractivity contribution in [2.24, 2.45) is 0 Å². The molecule has 0 atom stereocenters. The van der Waals surface area contributed by atoms with Crippen molar-refractivity contribution in [3.8, 4) is 0 Å². The van der Waals surface area contributed by atoms with Crippen LogP contribution in [0.1, 0.15) is 0 Å². The molecule has 0 saturated heterocycles. The number of hydrogen-bond donors (Lipinski definition) is 1. The van der Waals surface area contributed by atoms with Crippen LogP contribution in [0, 0.1) is 4.91 Å². The van der Waals surface area contributed by atoms with Gasteiger partial charge < -0.3 is 11.0 Å². The molecule has 0 saturated carbocycles. The van der Waals surface area contributed by atoms with E-state index in [0.717, 1.165) is 0 Å². The van der Waals surface area contributed by atoms with Gasteiger partial charge in [-0.25, -0.2) is 0 Å². The number of nitroso groups, excluding NO2 is 1. The van der Waals surface area contributed by atoms with Crippen LogP contribution in [-0.4, -0.2) is 17.4 Å². The third-order valence-electron chi connectivity index (χ3n) is 0. The van der Waals surface area contributed by atoms with Crippen LogP contribution in [0.2, 0.25) is 0 Å². The molecular weight excluding hydrogens is 89.0 g/mol. The predicted molar refractivity (Wildman–Crippen MR) is 12.4 cm³/mol. The molecule has 5 heteroatoms. The van der Waals surface area contributed by atoms with E-state index < -0.39 is 0 Å². The average molecular weight is 91.0 g/mol. The van der Waals surface area contributed by atoms with Crippen molar-refractivity contribution in [3.63, 3.8) is 0 Å². The summed E-state index contributed by atoms with van der Waals surface area (Å²) in [5, 5.41) is 0. The van der Waals surface area contributed by atoms with E-state index in [2.05, 4.69) is 5.59 Å². The van der Waals surface area contributed by atoms with Crippen molar-refractivity contribution in [1.82, 2.24) is 0 Å². The van der Waals surface area contributed by atoms with Gasteiger partial charge in [-0.05, 0) is 5.59 Å². The first-order valence-electron chi connectivity index (χ1n) is 0.236. The summed E-state index contributed by atoms with van der Waals surface area (Å²) in [5.41, 5.74) is 3.25. The molecule has 0 heterocycles. The minimum atomic E-state index is 0. The summed E-state index contributed by atoms with van der Waals surface area (Å²) in [6.07, 6.45) is 0. The Bertz CT molecular complexity index is 6.85. The van der Waals surface area contributed by atoms with E-state index in [1.165, 1.54) is 0 Å². The Morgan fingerprint density at radius 1 is 1.00 bits per heavy atom.